The number of hydrogen-bond donors (Lipinski definition) is 0. The molecule has 0 amide bonds. The number of nitrogens with zero attached hydrogens (tertiary/aromatic N) is 1. The number of nitriles is 1. The molecule has 7 heteroatoms. The number of halogens is 6. The van der Waals surface area contributed by atoms with Gasteiger partial charge >= 0.3 is 12.4 Å². The molecule has 0 aliphatic rings. The molecule has 75 valence electrons. The quantitative estimate of drug-likeness (QED) is 0.602. The lowest BCUT2D eigenvalue weighted by molar-refractivity contribution is -0.305. The highest BCUT2D eigenvalue weighted by atomic mass is 19.4. The van der Waals surface area contributed by atoms with E-state index in [1.54, 1.807) is 0 Å². The van der Waals surface area contributed by atoms with Crippen molar-refractivity contribution in [2.75, 3.05) is 0 Å². The summed E-state index contributed by atoms with van der Waals surface area (Å²) >= 11 is 0. The Morgan fingerprint density at radius 3 is 1.31 bits per heavy atom. The highest BCUT2D eigenvalue weighted by molar-refractivity contribution is 5.15. The molecule has 0 aromatic carbocycles. The van der Waals surface area contributed by atoms with E-state index in [1.807, 2.05) is 0 Å². The molecule has 0 rings (SSSR count). The molecule has 0 atom stereocenters. The molecule has 0 aliphatic heterocycles. The largest absolute Gasteiger partial charge is 0.416 e. The van der Waals surface area contributed by atoms with Gasteiger partial charge in [-0.1, -0.05) is 6.92 Å². The summed E-state index contributed by atoms with van der Waals surface area (Å²) in [7, 11) is 0. The van der Waals surface area contributed by atoms with Crippen LogP contribution in [0.1, 0.15) is 6.92 Å². The van der Waals surface area contributed by atoms with Crippen molar-refractivity contribution in [2.45, 2.75) is 19.3 Å². The van der Waals surface area contributed by atoms with Crippen LogP contribution in [-0.2, 0) is 0 Å². The van der Waals surface area contributed by atoms with Gasteiger partial charge < -0.3 is 0 Å². The van der Waals surface area contributed by atoms with Crippen molar-refractivity contribution in [2.24, 2.45) is 5.41 Å². The lowest BCUT2D eigenvalue weighted by Crippen LogP contribution is -2.48. The van der Waals surface area contributed by atoms with Gasteiger partial charge in [0.25, 0.3) is 0 Å². The third kappa shape index (κ3) is 1.71. The Labute approximate surface area is 69.9 Å². The van der Waals surface area contributed by atoms with E-state index in [0.717, 1.165) is 0 Å². The van der Waals surface area contributed by atoms with Gasteiger partial charge in [-0.2, -0.15) is 31.6 Å². The Kier molecular flexibility index (Phi) is 2.87. The summed E-state index contributed by atoms with van der Waals surface area (Å²) in [4.78, 5) is 0. The standard InChI is InChI=1S/C6H4F6N/c1-2-4(3-13,5(7,8)9)6(10,11)12/h2H,1H3. The maximum Gasteiger partial charge on any atom is 0.416 e. The fourth-order valence-electron chi connectivity index (χ4n) is 0.679. The van der Waals surface area contributed by atoms with Crippen molar-refractivity contribution in [3.05, 3.63) is 6.42 Å². The molecule has 1 radical (unpaired) electrons. The van der Waals surface area contributed by atoms with Gasteiger partial charge in [0.2, 0.25) is 5.41 Å². The van der Waals surface area contributed by atoms with Crippen LogP contribution in [0.15, 0.2) is 0 Å². The molecule has 0 unspecified atom stereocenters. The zero-order chi connectivity index (χ0) is 10.9. The van der Waals surface area contributed by atoms with Crippen molar-refractivity contribution in [1.82, 2.24) is 0 Å². The molecule has 0 N–H and O–H groups in total. The van der Waals surface area contributed by atoms with E-state index in [4.69, 9.17) is 5.26 Å². The first kappa shape index (κ1) is 12.1. The van der Waals surface area contributed by atoms with Gasteiger partial charge in [0.15, 0.2) is 0 Å². The summed E-state index contributed by atoms with van der Waals surface area (Å²) in [6, 6.07) is 0.240. The fourth-order valence-corrected chi connectivity index (χ4v) is 0.679. The van der Waals surface area contributed by atoms with Crippen LogP contribution >= 0.6 is 0 Å². The minimum atomic E-state index is -5.64. The van der Waals surface area contributed by atoms with Crippen LogP contribution < -0.4 is 0 Å². The molecule has 0 bridgehead atoms. The van der Waals surface area contributed by atoms with E-state index < -0.39 is 17.8 Å². The third-order valence-corrected chi connectivity index (χ3v) is 1.50. The minimum Gasteiger partial charge on any atom is -0.197 e. The summed E-state index contributed by atoms with van der Waals surface area (Å²) in [5, 5.41) is 7.93. The predicted octanol–water partition coefficient (Wildman–Crippen LogP) is 2.85. The molecular formula is C6H4F6N. The van der Waals surface area contributed by atoms with Crippen LogP contribution in [0.25, 0.3) is 0 Å². The van der Waals surface area contributed by atoms with E-state index in [-0.39, 0.29) is 12.5 Å². The zero-order valence-electron chi connectivity index (χ0n) is 6.29. The molecule has 1 nitrogen and oxygen atoms in total. The number of alkyl halides is 6. The average molecular weight is 204 g/mol. The second-order valence-electron chi connectivity index (χ2n) is 2.20. The average Bonchev–Trinajstić information content (AvgIpc) is 1.84. The van der Waals surface area contributed by atoms with Gasteiger partial charge in [0.1, 0.15) is 0 Å². The lowest BCUT2D eigenvalue weighted by Gasteiger charge is -2.29. The molecule has 0 aliphatic carbocycles. The summed E-state index contributed by atoms with van der Waals surface area (Å²) in [5.74, 6) is 0. The maximum absolute atomic E-state index is 11.9. The fraction of sp³-hybridized carbons (Fsp3) is 0.667. The summed E-state index contributed by atoms with van der Waals surface area (Å²) in [5.41, 5.74) is -4.36. The maximum atomic E-state index is 11.9. The van der Waals surface area contributed by atoms with Crippen molar-refractivity contribution < 1.29 is 26.3 Å². The molecular weight excluding hydrogens is 200 g/mol. The van der Waals surface area contributed by atoms with Crippen molar-refractivity contribution >= 4 is 0 Å². The first-order valence-electron chi connectivity index (χ1n) is 2.97. The normalized spacial score (nSPS) is 14.0. The van der Waals surface area contributed by atoms with E-state index >= 15 is 0 Å². The summed E-state index contributed by atoms with van der Waals surface area (Å²) in [6.45, 7) is 0.546. The molecule has 0 aromatic heterocycles. The summed E-state index contributed by atoms with van der Waals surface area (Å²) in [6.07, 6.45) is -11.5. The van der Waals surface area contributed by atoms with Crippen LogP contribution in [0.2, 0.25) is 0 Å². The molecule has 0 fully saturated rings. The first-order chi connectivity index (χ1) is 5.62. The molecule has 0 heterocycles. The van der Waals surface area contributed by atoms with Crippen LogP contribution in [0.5, 0.6) is 0 Å². The number of hydrogen-bond acceptors (Lipinski definition) is 1. The molecule has 13 heavy (non-hydrogen) atoms. The third-order valence-electron chi connectivity index (χ3n) is 1.50. The molecule has 0 saturated carbocycles. The van der Waals surface area contributed by atoms with Gasteiger partial charge in [-0.05, 0) is 6.42 Å². The second-order valence-corrected chi connectivity index (χ2v) is 2.20. The van der Waals surface area contributed by atoms with E-state index in [2.05, 4.69) is 0 Å². The smallest absolute Gasteiger partial charge is 0.197 e. The second kappa shape index (κ2) is 3.09. The van der Waals surface area contributed by atoms with Gasteiger partial charge in [-0.25, -0.2) is 0 Å². The van der Waals surface area contributed by atoms with Gasteiger partial charge in [0.05, 0.1) is 6.07 Å². The van der Waals surface area contributed by atoms with E-state index in [1.165, 1.54) is 0 Å². The lowest BCUT2D eigenvalue weighted by atomic mass is 9.85. The highest BCUT2D eigenvalue weighted by Crippen LogP contribution is 2.51. The van der Waals surface area contributed by atoms with Crippen molar-refractivity contribution in [3.8, 4) is 6.07 Å². The van der Waals surface area contributed by atoms with E-state index in [9.17, 15) is 26.3 Å². The Morgan fingerprint density at radius 1 is 1.00 bits per heavy atom. The van der Waals surface area contributed by atoms with Gasteiger partial charge in [-0.3, -0.25) is 0 Å². The van der Waals surface area contributed by atoms with Crippen LogP contribution in [0, 0.1) is 23.2 Å². The topological polar surface area (TPSA) is 23.8 Å². The van der Waals surface area contributed by atoms with Crippen LogP contribution in [0.4, 0.5) is 26.3 Å². The van der Waals surface area contributed by atoms with Gasteiger partial charge in [0, 0.05) is 0 Å². The van der Waals surface area contributed by atoms with E-state index in [0.29, 0.717) is 6.92 Å². The number of rotatable bonds is 1. The first-order valence-corrected chi connectivity index (χ1v) is 2.97. The molecule has 0 spiro atoms. The Morgan fingerprint density at radius 2 is 1.31 bits per heavy atom. The monoisotopic (exact) mass is 204 g/mol. The molecule has 0 aromatic rings. The van der Waals surface area contributed by atoms with Gasteiger partial charge in [-0.15, -0.1) is 0 Å². The SMILES string of the molecule is C[CH]C(C#N)(C(F)(F)F)C(F)(F)F. The van der Waals surface area contributed by atoms with Crippen molar-refractivity contribution in [3.63, 3.8) is 0 Å². The highest BCUT2D eigenvalue weighted by Gasteiger charge is 2.70. The Balaban J connectivity index is 5.35. The Hall–Kier alpha value is -0.930. The van der Waals surface area contributed by atoms with Crippen LogP contribution in [-0.4, -0.2) is 12.4 Å². The predicted molar refractivity (Wildman–Crippen MR) is 30.1 cm³/mol. The molecule has 0 saturated heterocycles. The van der Waals surface area contributed by atoms with Crippen LogP contribution in [0.3, 0.4) is 0 Å². The minimum absolute atomic E-state index is 0.201. The summed E-state index contributed by atoms with van der Waals surface area (Å²) < 4.78 is 71.4. The zero-order valence-corrected chi connectivity index (χ0v) is 6.29. The van der Waals surface area contributed by atoms with Crippen molar-refractivity contribution in [1.29, 1.82) is 5.26 Å². The Bertz CT molecular complexity index is 205.